The smallest absolute Gasteiger partial charge is 0.0349 e. The molecule has 2 rings (SSSR count). The summed E-state index contributed by atoms with van der Waals surface area (Å²) < 4.78 is 0. The summed E-state index contributed by atoms with van der Waals surface area (Å²) in [6.45, 7) is 2.07. The first-order chi connectivity index (χ1) is 7.66. The van der Waals surface area contributed by atoms with Gasteiger partial charge in [0.15, 0.2) is 0 Å². The molecule has 82 valence electrons. The molecule has 0 saturated heterocycles. The fourth-order valence-electron chi connectivity index (χ4n) is 1.82. The van der Waals surface area contributed by atoms with E-state index in [1.807, 2.05) is 30.3 Å². The minimum absolute atomic E-state index is 0.808. The van der Waals surface area contributed by atoms with Gasteiger partial charge < -0.3 is 11.5 Å². The van der Waals surface area contributed by atoms with Gasteiger partial charge in [-0.05, 0) is 48.2 Å². The molecule has 0 aliphatic rings. The number of nitrogen functional groups attached to an aromatic ring is 2. The van der Waals surface area contributed by atoms with E-state index in [1.165, 1.54) is 11.1 Å². The van der Waals surface area contributed by atoms with Gasteiger partial charge in [0, 0.05) is 11.4 Å². The second kappa shape index (κ2) is 4.27. The standard InChI is InChI=1S/C14H16N2/c1-10-8-13(15)7-6-11(10)9-12-4-2-3-5-14(12)16/h2-8H,9,15-16H2,1H3. The second-order valence-electron chi connectivity index (χ2n) is 4.06. The maximum atomic E-state index is 5.92. The Hall–Kier alpha value is -1.96. The van der Waals surface area contributed by atoms with Crippen LogP contribution in [0.5, 0.6) is 0 Å². The molecule has 0 atom stereocenters. The average Bonchev–Trinajstić information content (AvgIpc) is 2.25. The summed E-state index contributed by atoms with van der Waals surface area (Å²) in [5.41, 5.74) is 16.9. The van der Waals surface area contributed by atoms with E-state index in [0.717, 1.165) is 23.4 Å². The lowest BCUT2D eigenvalue weighted by Crippen LogP contribution is -1.97. The molecule has 0 amide bonds. The topological polar surface area (TPSA) is 52.0 Å². The van der Waals surface area contributed by atoms with Gasteiger partial charge in [-0.25, -0.2) is 0 Å². The van der Waals surface area contributed by atoms with Crippen LogP contribution < -0.4 is 11.5 Å². The van der Waals surface area contributed by atoms with E-state index < -0.39 is 0 Å². The van der Waals surface area contributed by atoms with Gasteiger partial charge in [-0.1, -0.05) is 24.3 Å². The van der Waals surface area contributed by atoms with Gasteiger partial charge in [0.1, 0.15) is 0 Å². The lowest BCUT2D eigenvalue weighted by molar-refractivity contribution is 1.16. The predicted molar refractivity (Wildman–Crippen MR) is 69.3 cm³/mol. The van der Waals surface area contributed by atoms with E-state index in [4.69, 9.17) is 11.5 Å². The number of hydrogen-bond acceptors (Lipinski definition) is 2. The molecule has 0 aliphatic carbocycles. The van der Waals surface area contributed by atoms with Crippen LogP contribution in [-0.4, -0.2) is 0 Å². The zero-order valence-corrected chi connectivity index (χ0v) is 9.40. The van der Waals surface area contributed by atoms with Crippen molar-refractivity contribution in [2.75, 3.05) is 11.5 Å². The summed E-state index contributed by atoms with van der Waals surface area (Å²) in [4.78, 5) is 0. The molecule has 0 heterocycles. The van der Waals surface area contributed by atoms with Crippen molar-refractivity contribution >= 4 is 11.4 Å². The van der Waals surface area contributed by atoms with Crippen LogP contribution in [0.25, 0.3) is 0 Å². The van der Waals surface area contributed by atoms with Gasteiger partial charge in [-0.15, -0.1) is 0 Å². The summed E-state index contributed by atoms with van der Waals surface area (Å²) in [7, 11) is 0. The fourth-order valence-corrected chi connectivity index (χ4v) is 1.82. The SMILES string of the molecule is Cc1cc(N)ccc1Cc1ccccc1N. The molecule has 2 aromatic rings. The van der Waals surface area contributed by atoms with Crippen molar-refractivity contribution in [3.05, 3.63) is 59.2 Å². The number of hydrogen-bond donors (Lipinski definition) is 2. The monoisotopic (exact) mass is 212 g/mol. The molecule has 0 radical (unpaired) electrons. The Labute approximate surface area is 95.9 Å². The van der Waals surface area contributed by atoms with Crippen LogP contribution in [0.2, 0.25) is 0 Å². The molecule has 0 unspecified atom stereocenters. The first-order valence-corrected chi connectivity index (χ1v) is 5.35. The molecule has 4 N–H and O–H groups in total. The van der Waals surface area contributed by atoms with Gasteiger partial charge in [-0.2, -0.15) is 0 Å². The van der Waals surface area contributed by atoms with Crippen molar-refractivity contribution in [1.29, 1.82) is 0 Å². The molecular weight excluding hydrogens is 196 g/mol. The second-order valence-corrected chi connectivity index (χ2v) is 4.06. The van der Waals surface area contributed by atoms with Crippen LogP contribution in [0.3, 0.4) is 0 Å². The molecule has 0 aromatic heterocycles. The first-order valence-electron chi connectivity index (χ1n) is 5.35. The molecule has 2 nitrogen and oxygen atoms in total. The predicted octanol–water partition coefficient (Wildman–Crippen LogP) is 2.75. The number of para-hydroxylation sites is 1. The lowest BCUT2D eigenvalue weighted by Gasteiger charge is -2.08. The highest BCUT2D eigenvalue weighted by Gasteiger charge is 2.03. The Morgan fingerprint density at radius 1 is 0.938 bits per heavy atom. The molecular formula is C14H16N2. The number of benzene rings is 2. The summed E-state index contributed by atoms with van der Waals surface area (Å²) >= 11 is 0. The Balaban J connectivity index is 2.31. The number of rotatable bonds is 2. The minimum Gasteiger partial charge on any atom is -0.399 e. The van der Waals surface area contributed by atoms with Gasteiger partial charge >= 0.3 is 0 Å². The third kappa shape index (κ3) is 2.16. The summed E-state index contributed by atoms with van der Waals surface area (Å²) in [6.07, 6.45) is 0.860. The van der Waals surface area contributed by atoms with Crippen molar-refractivity contribution in [2.45, 2.75) is 13.3 Å². The zero-order chi connectivity index (χ0) is 11.5. The molecule has 0 saturated carbocycles. The van der Waals surface area contributed by atoms with E-state index in [-0.39, 0.29) is 0 Å². The zero-order valence-electron chi connectivity index (χ0n) is 9.40. The third-order valence-electron chi connectivity index (χ3n) is 2.80. The first kappa shape index (κ1) is 10.6. The number of anilines is 2. The van der Waals surface area contributed by atoms with E-state index >= 15 is 0 Å². The van der Waals surface area contributed by atoms with Crippen LogP contribution in [0, 0.1) is 6.92 Å². The van der Waals surface area contributed by atoms with E-state index in [2.05, 4.69) is 19.1 Å². The number of aryl methyl sites for hydroxylation is 1. The van der Waals surface area contributed by atoms with Crippen molar-refractivity contribution in [3.8, 4) is 0 Å². The van der Waals surface area contributed by atoms with Crippen LogP contribution in [0.4, 0.5) is 11.4 Å². The highest BCUT2D eigenvalue weighted by Crippen LogP contribution is 2.19. The highest BCUT2D eigenvalue weighted by atomic mass is 14.6. The van der Waals surface area contributed by atoms with E-state index in [0.29, 0.717) is 0 Å². The normalized spacial score (nSPS) is 10.3. The van der Waals surface area contributed by atoms with E-state index in [9.17, 15) is 0 Å². The van der Waals surface area contributed by atoms with Crippen LogP contribution >= 0.6 is 0 Å². The molecule has 16 heavy (non-hydrogen) atoms. The van der Waals surface area contributed by atoms with Crippen LogP contribution in [0.1, 0.15) is 16.7 Å². The molecule has 0 spiro atoms. The van der Waals surface area contributed by atoms with Crippen molar-refractivity contribution in [3.63, 3.8) is 0 Å². The van der Waals surface area contributed by atoms with Gasteiger partial charge in [0.2, 0.25) is 0 Å². The summed E-state index contributed by atoms with van der Waals surface area (Å²) in [6, 6.07) is 14.0. The summed E-state index contributed by atoms with van der Waals surface area (Å²) in [5, 5.41) is 0. The maximum absolute atomic E-state index is 5.92. The Morgan fingerprint density at radius 2 is 1.69 bits per heavy atom. The Morgan fingerprint density at radius 3 is 2.38 bits per heavy atom. The lowest BCUT2D eigenvalue weighted by atomic mass is 9.99. The quantitative estimate of drug-likeness (QED) is 0.752. The summed E-state index contributed by atoms with van der Waals surface area (Å²) in [5.74, 6) is 0. The Kier molecular flexibility index (Phi) is 2.82. The van der Waals surface area contributed by atoms with Crippen molar-refractivity contribution < 1.29 is 0 Å². The maximum Gasteiger partial charge on any atom is 0.0349 e. The number of nitrogens with two attached hydrogens (primary N) is 2. The van der Waals surface area contributed by atoms with Crippen LogP contribution in [-0.2, 0) is 6.42 Å². The van der Waals surface area contributed by atoms with Crippen LogP contribution in [0.15, 0.2) is 42.5 Å². The molecule has 2 aromatic carbocycles. The molecule has 0 aliphatic heterocycles. The highest BCUT2D eigenvalue weighted by molar-refractivity contribution is 5.51. The molecule has 0 fully saturated rings. The van der Waals surface area contributed by atoms with Crippen molar-refractivity contribution in [1.82, 2.24) is 0 Å². The van der Waals surface area contributed by atoms with Gasteiger partial charge in [0.25, 0.3) is 0 Å². The van der Waals surface area contributed by atoms with E-state index in [1.54, 1.807) is 0 Å². The third-order valence-corrected chi connectivity index (χ3v) is 2.80. The fraction of sp³-hybridized carbons (Fsp3) is 0.143. The minimum atomic E-state index is 0.808. The molecule has 2 heteroatoms. The van der Waals surface area contributed by atoms with Gasteiger partial charge in [-0.3, -0.25) is 0 Å². The van der Waals surface area contributed by atoms with Gasteiger partial charge in [0.05, 0.1) is 0 Å². The van der Waals surface area contributed by atoms with Crippen molar-refractivity contribution in [2.24, 2.45) is 0 Å². The molecule has 0 bridgehead atoms. The Bertz CT molecular complexity index is 504. The largest absolute Gasteiger partial charge is 0.399 e. The average molecular weight is 212 g/mol.